The lowest BCUT2D eigenvalue weighted by molar-refractivity contribution is 0.0274. The Morgan fingerprint density at radius 3 is 2.00 bits per heavy atom. The maximum Gasteiger partial charge on any atom is 0.435 e. The topological polar surface area (TPSA) is 82.1 Å². The van der Waals surface area contributed by atoms with Gasteiger partial charge in [0.05, 0.1) is 12.7 Å². The van der Waals surface area contributed by atoms with E-state index in [9.17, 15) is 14.3 Å². The van der Waals surface area contributed by atoms with E-state index < -0.39 is 19.4 Å². The molecule has 0 saturated carbocycles. The second-order valence-electron chi connectivity index (χ2n) is 11.2. The van der Waals surface area contributed by atoms with Crippen LogP contribution >= 0.6 is 19.4 Å². The van der Waals surface area contributed by atoms with E-state index >= 15 is 0 Å². The Bertz CT molecular complexity index is 793. The van der Waals surface area contributed by atoms with Crippen LogP contribution in [0.4, 0.5) is 4.79 Å². The molecule has 0 aliphatic heterocycles. The Balaban J connectivity index is 2.30. The van der Waals surface area contributed by atoms with Gasteiger partial charge in [-0.05, 0) is 37.5 Å². The van der Waals surface area contributed by atoms with Crippen LogP contribution in [0, 0.1) is 0 Å². The molecule has 3 unspecified atom stereocenters. The van der Waals surface area contributed by atoms with Crippen LogP contribution in [0.25, 0.3) is 0 Å². The van der Waals surface area contributed by atoms with E-state index in [4.69, 9.17) is 14.0 Å². The zero-order valence-electron chi connectivity index (χ0n) is 26.2. The van der Waals surface area contributed by atoms with Gasteiger partial charge in [-0.1, -0.05) is 134 Å². The Morgan fingerprint density at radius 1 is 0.829 bits per heavy atom. The molecule has 0 bridgehead atoms. The highest BCUT2D eigenvalue weighted by molar-refractivity contribution is 7.99. The van der Waals surface area contributed by atoms with E-state index in [1.165, 1.54) is 108 Å². The van der Waals surface area contributed by atoms with Crippen molar-refractivity contribution in [2.45, 2.75) is 148 Å². The van der Waals surface area contributed by atoms with Gasteiger partial charge in [0.2, 0.25) is 0 Å². The molecule has 0 aliphatic carbocycles. The number of rotatable bonds is 28. The Labute approximate surface area is 255 Å². The fraction of sp³-hybridized carbons (Fsp3) is 0.788. The second kappa shape index (κ2) is 25.6. The largest absolute Gasteiger partial charge is 0.452 e. The van der Waals surface area contributed by atoms with Gasteiger partial charge in [-0.3, -0.25) is 4.52 Å². The van der Waals surface area contributed by atoms with E-state index in [1.807, 2.05) is 18.2 Å². The molecule has 41 heavy (non-hydrogen) atoms. The minimum atomic E-state index is -4.53. The van der Waals surface area contributed by atoms with Crippen molar-refractivity contribution in [1.29, 1.82) is 0 Å². The van der Waals surface area contributed by atoms with Crippen LogP contribution in [-0.4, -0.2) is 40.9 Å². The molecule has 0 saturated heterocycles. The lowest BCUT2D eigenvalue weighted by Crippen LogP contribution is -2.19. The van der Waals surface area contributed by atoms with Crippen LogP contribution < -0.4 is 0 Å². The summed E-state index contributed by atoms with van der Waals surface area (Å²) in [5.41, 5.74) is -0.496. The van der Waals surface area contributed by atoms with Crippen molar-refractivity contribution < 1.29 is 28.3 Å². The molecule has 0 spiro atoms. The van der Waals surface area contributed by atoms with Crippen molar-refractivity contribution in [2.75, 3.05) is 19.0 Å². The van der Waals surface area contributed by atoms with Gasteiger partial charge >= 0.3 is 13.3 Å². The second-order valence-corrected chi connectivity index (χ2v) is 14.3. The summed E-state index contributed by atoms with van der Waals surface area (Å²) < 4.78 is 28.2. The first-order valence-corrected chi connectivity index (χ1v) is 18.9. The standard InChI is InChI=1S/C33H59O6PS/c1-4-6-8-10-12-13-14-16-21-27-41-32(24-20-15-11-9-7-5-2)25-26-37-30(3)28-39-40(35,36)33(34)38-29-31-22-18-17-19-23-31/h17-19,22-23,30,32H,4-16,20-21,24-29H2,1-3H3,(H,35,36). The van der Waals surface area contributed by atoms with E-state index in [0.717, 1.165) is 12.0 Å². The minimum Gasteiger partial charge on any atom is -0.452 e. The third-order valence-corrected chi connectivity index (χ3v) is 9.80. The number of hydrogen-bond donors (Lipinski definition) is 1. The molecule has 0 heterocycles. The predicted octanol–water partition coefficient (Wildman–Crippen LogP) is 10.7. The van der Waals surface area contributed by atoms with Crippen molar-refractivity contribution in [3.8, 4) is 0 Å². The molecule has 0 radical (unpaired) electrons. The molecule has 3 atom stereocenters. The van der Waals surface area contributed by atoms with Crippen LogP contribution in [-0.2, 0) is 25.2 Å². The quantitative estimate of drug-likeness (QED) is 0.0742. The van der Waals surface area contributed by atoms with Gasteiger partial charge in [0.15, 0.2) is 0 Å². The van der Waals surface area contributed by atoms with Crippen molar-refractivity contribution in [1.82, 2.24) is 0 Å². The summed E-state index contributed by atoms with van der Waals surface area (Å²) in [5, 5.41) is 0.570. The molecule has 1 rings (SSSR count). The first-order valence-electron chi connectivity index (χ1n) is 16.3. The minimum absolute atomic E-state index is 0.0731. The molecule has 1 aromatic carbocycles. The highest BCUT2D eigenvalue weighted by Gasteiger charge is 2.33. The molecule has 8 heteroatoms. The van der Waals surface area contributed by atoms with E-state index in [1.54, 1.807) is 19.1 Å². The Kier molecular flexibility index (Phi) is 23.9. The summed E-state index contributed by atoms with van der Waals surface area (Å²) in [5.74, 6) is 1.20. The molecule has 1 aromatic rings. The summed E-state index contributed by atoms with van der Waals surface area (Å²) in [4.78, 5) is 22.1. The molecule has 1 N–H and O–H groups in total. The highest BCUT2D eigenvalue weighted by Crippen LogP contribution is 2.44. The maximum absolute atomic E-state index is 12.3. The zero-order chi connectivity index (χ0) is 30.0. The van der Waals surface area contributed by atoms with Crippen LogP contribution in [0.5, 0.6) is 0 Å². The van der Waals surface area contributed by atoms with Crippen molar-refractivity contribution in [3.05, 3.63) is 35.9 Å². The first kappa shape index (κ1) is 38.2. The molecule has 0 aromatic heterocycles. The summed E-state index contributed by atoms with van der Waals surface area (Å²) in [6.07, 6.45) is 21.8. The highest BCUT2D eigenvalue weighted by atomic mass is 32.2. The van der Waals surface area contributed by atoms with Crippen LogP contribution in [0.2, 0.25) is 0 Å². The normalized spacial score (nSPS) is 14.4. The molecule has 0 amide bonds. The average molecular weight is 615 g/mol. The van der Waals surface area contributed by atoms with E-state index in [2.05, 4.69) is 25.6 Å². The summed E-state index contributed by atoms with van der Waals surface area (Å²) in [6.45, 7) is 6.68. The van der Waals surface area contributed by atoms with Gasteiger partial charge in [0.1, 0.15) is 6.61 Å². The van der Waals surface area contributed by atoms with Gasteiger partial charge < -0.3 is 14.4 Å². The third kappa shape index (κ3) is 21.5. The third-order valence-electron chi connectivity index (χ3n) is 7.24. The summed E-state index contributed by atoms with van der Waals surface area (Å²) in [6, 6.07) is 9.03. The van der Waals surface area contributed by atoms with Gasteiger partial charge in [0.25, 0.3) is 0 Å². The van der Waals surface area contributed by atoms with Crippen LogP contribution in [0.1, 0.15) is 135 Å². The lowest BCUT2D eigenvalue weighted by atomic mass is 10.1. The monoisotopic (exact) mass is 614 g/mol. The van der Waals surface area contributed by atoms with Gasteiger partial charge in [-0.2, -0.15) is 11.8 Å². The average Bonchev–Trinajstić information content (AvgIpc) is 2.97. The van der Waals surface area contributed by atoms with Crippen LogP contribution in [0.3, 0.4) is 0 Å². The Morgan fingerprint density at radius 2 is 1.39 bits per heavy atom. The lowest BCUT2D eigenvalue weighted by Gasteiger charge is -2.19. The van der Waals surface area contributed by atoms with Crippen molar-refractivity contribution in [3.63, 3.8) is 0 Å². The summed E-state index contributed by atoms with van der Waals surface area (Å²) >= 11 is 2.08. The number of hydrogen-bond acceptors (Lipinski definition) is 6. The number of carbonyl (C=O) groups excluding carboxylic acids is 1. The number of carbonyl (C=O) groups is 1. The zero-order valence-corrected chi connectivity index (χ0v) is 27.9. The van der Waals surface area contributed by atoms with Crippen molar-refractivity contribution >= 4 is 25.1 Å². The molecule has 0 aliphatic rings. The number of unbranched alkanes of at least 4 members (excludes halogenated alkanes) is 13. The molecular weight excluding hydrogens is 555 g/mol. The number of thioether (sulfide) groups is 1. The molecular formula is C33H59O6PS. The van der Waals surface area contributed by atoms with Crippen molar-refractivity contribution in [2.24, 2.45) is 0 Å². The molecule has 0 fully saturated rings. The summed E-state index contributed by atoms with van der Waals surface area (Å²) in [7, 11) is -4.53. The van der Waals surface area contributed by atoms with Gasteiger partial charge in [-0.15, -0.1) is 0 Å². The fourth-order valence-corrected chi connectivity index (χ4v) is 6.68. The SMILES string of the molecule is CCCCCCCCCCCSC(CCCCCCCC)CCOC(C)COP(=O)(O)C(=O)OCc1ccccc1. The van der Waals surface area contributed by atoms with Crippen LogP contribution in [0.15, 0.2) is 30.3 Å². The fourth-order valence-electron chi connectivity index (χ4n) is 4.63. The maximum atomic E-state index is 12.3. The van der Waals surface area contributed by atoms with E-state index in [-0.39, 0.29) is 13.2 Å². The smallest absolute Gasteiger partial charge is 0.435 e. The number of ether oxygens (including phenoxy) is 2. The van der Waals surface area contributed by atoms with E-state index in [0.29, 0.717) is 11.9 Å². The van der Waals surface area contributed by atoms with Gasteiger partial charge in [-0.25, -0.2) is 9.36 Å². The molecule has 6 nitrogen and oxygen atoms in total. The van der Waals surface area contributed by atoms with Gasteiger partial charge in [0, 0.05) is 11.9 Å². The first-order chi connectivity index (χ1) is 19.9. The number of benzene rings is 1. The molecule has 238 valence electrons. The Hall–Kier alpha value is -0.850. The predicted molar refractivity (Wildman–Crippen MR) is 174 cm³/mol.